The molecule has 0 aromatic carbocycles. The quantitative estimate of drug-likeness (QED) is 0.208. The van der Waals surface area contributed by atoms with Crippen molar-refractivity contribution in [2.75, 3.05) is 13.2 Å². The van der Waals surface area contributed by atoms with Crippen LogP contribution in [0.4, 0.5) is 0 Å². The van der Waals surface area contributed by atoms with Crippen molar-refractivity contribution in [3.05, 3.63) is 0 Å². The molecule has 4 unspecified atom stereocenters. The van der Waals surface area contributed by atoms with Gasteiger partial charge in [-0.1, -0.05) is 13.8 Å². The van der Waals surface area contributed by atoms with Crippen molar-refractivity contribution in [2.45, 2.75) is 45.0 Å². The largest absolute Gasteiger partial charge is 0.480 e. The van der Waals surface area contributed by atoms with Gasteiger partial charge in [-0.05, 0) is 12.8 Å². The Hall–Kier alpha value is -2.24. The number of hydrogen-bond donors (Lipinski definition) is 7. The van der Waals surface area contributed by atoms with Gasteiger partial charge in [0, 0.05) is 0 Å². The third-order valence-corrected chi connectivity index (χ3v) is 3.31. The number of nitrogens with one attached hydrogen (secondary N) is 3. The van der Waals surface area contributed by atoms with Crippen LogP contribution in [0.15, 0.2) is 0 Å². The third-order valence-electron chi connectivity index (χ3n) is 3.31. The lowest BCUT2D eigenvalue weighted by atomic mass is 10.1. The number of aliphatic hydroxyl groups excluding tert-OH is 2. The molecule has 0 spiro atoms. The Bertz CT molecular complexity index is 496. The van der Waals surface area contributed by atoms with E-state index >= 15 is 0 Å². The first-order valence-electron chi connectivity index (χ1n) is 7.66. The first-order valence-corrected chi connectivity index (χ1v) is 7.66. The van der Waals surface area contributed by atoms with E-state index in [0.717, 1.165) is 0 Å². The van der Waals surface area contributed by atoms with E-state index in [2.05, 4.69) is 16.0 Å². The Morgan fingerprint density at radius 1 is 1.04 bits per heavy atom. The normalized spacial score (nSPS) is 15.6. The first-order chi connectivity index (χ1) is 11.5. The molecule has 0 saturated carbocycles. The van der Waals surface area contributed by atoms with Crippen molar-refractivity contribution >= 4 is 23.7 Å². The van der Waals surface area contributed by atoms with Crippen LogP contribution in [0.3, 0.4) is 0 Å². The Morgan fingerprint density at radius 2 is 1.60 bits per heavy atom. The topological polar surface area (TPSA) is 191 Å². The molecule has 25 heavy (non-hydrogen) atoms. The minimum absolute atomic E-state index is 0.358. The molecule has 11 nitrogen and oxygen atoms in total. The molecule has 144 valence electrons. The van der Waals surface area contributed by atoms with E-state index in [1.807, 2.05) is 0 Å². The number of carboxylic acids is 1. The number of hydrogen-bond acceptors (Lipinski definition) is 7. The molecule has 0 radical (unpaired) electrons. The lowest BCUT2D eigenvalue weighted by Gasteiger charge is -2.21. The van der Waals surface area contributed by atoms with E-state index in [1.165, 1.54) is 6.92 Å². The van der Waals surface area contributed by atoms with Gasteiger partial charge in [-0.2, -0.15) is 0 Å². The van der Waals surface area contributed by atoms with E-state index in [9.17, 15) is 24.3 Å². The summed E-state index contributed by atoms with van der Waals surface area (Å²) in [4.78, 5) is 46.2. The molecule has 11 heteroatoms. The Balaban J connectivity index is 4.57. The van der Waals surface area contributed by atoms with E-state index in [-0.39, 0.29) is 5.92 Å². The van der Waals surface area contributed by atoms with Crippen LogP contribution in [-0.2, 0) is 19.2 Å². The highest BCUT2D eigenvalue weighted by Crippen LogP contribution is 2.01. The minimum atomic E-state index is -1.37. The van der Waals surface area contributed by atoms with Gasteiger partial charge >= 0.3 is 5.97 Å². The van der Waals surface area contributed by atoms with Crippen LogP contribution in [0, 0.1) is 5.92 Å². The van der Waals surface area contributed by atoms with Gasteiger partial charge in [-0.15, -0.1) is 0 Å². The van der Waals surface area contributed by atoms with Crippen LogP contribution in [0.1, 0.15) is 20.8 Å². The highest BCUT2D eigenvalue weighted by Gasteiger charge is 2.27. The van der Waals surface area contributed by atoms with Crippen LogP contribution >= 0.6 is 0 Å². The molecule has 0 rings (SSSR count). The molecule has 0 aliphatic carbocycles. The number of nitrogens with two attached hydrogens (primary N) is 1. The van der Waals surface area contributed by atoms with Crippen molar-refractivity contribution in [1.82, 2.24) is 16.0 Å². The number of carboxylic acid groups (broad SMARTS) is 1. The summed E-state index contributed by atoms with van der Waals surface area (Å²) in [6.07, 6.45) is -1.16. The van der Waals surface area contributed by atoms with E-state index in [4.69, 9.17) is 15.9 Å². The van der Waals surface area contributed by atoms with Gasteiger partial charge in [0.15, 0.2) is 0 Å². The average Bonchev–Trinajstić information content (AvgIpc) is 2.53. The van der Waals surface area contributed by atoms with Crippen molar-refractivity contribution < 1.29 is 34.5 Å². The molecule has 4 atom stereocenters. The fourth-order valence-corrected chi connectivity index (χ4v) is 1.71. The molecule has 0 bridgehead atoms. The maximum Gasteiger partial charge on any atom is 0.326 e. The summed E-state index contributed by atoms with van der Waals surface area (Å²) in [5.74, 6) is -4.01. The number of carbonyl (C=O) groups excluding carboxylic acids is 3. The molecule has 0 fully saturated rings. The Morgan fingerprint density at radius 3 is 2.00 bits per heavy atom. The van der Waals surface area contributed by atoms with Crippen molar-refractivity contribution in [1.29, 1.82) is 0 Å². The van der Waals surface area contributed by atoms with Crippen LogP contribution in [-0.4, -0.2) is 76.4 Å². The standard InChI is InChI=1S/C14H26N4O7/c1-6(2)11(14(24)25)18-9(21)4-16-12(22)8(5-19)17-13(23)10(15)7(3)20/h6-8,10-11,19-20H,4-5,15H2,1-3H3,(H,16,22)(H,17,23)(H,18,21)(H,24,25). The molecule has 3 amide bonds. The second-order valence-electron chi connectivity index (χ2n) is 5.86. The number of rotatable bonds is 10. The van der Waals surface area contributed by atoms with Crippen LogP contribution in [0.5, 0.6) is 0 Å². The highest BCUT2D eigenvalue weighted by molar-refractivity contribution is 5.92. The number of carbonyl (C=O) groups is 4. The molecule has 0 heterocycles. The van der Waals surface area contributed by atoms with E-state index in [0.29, 0.717) is 0 Å². The lowest BCUT2D eigenvalue weighted by molar-refractivity contribution is -0.143. The van der Waals surface area contributed by atoms with Gasteiger partial charge in [-0.3, -0.25) is 14.4 Å². The summed E-state index contributed by atoms with van der Waals surface area (Å²) in [6.45, 7) is 3.22. The molecule has 8 N–H and O–H groups in total. The summed E-state index contributed by atoms with van der Waals surface area (Å²) in [5.41, 5.74) is 5.40. The summed E-state index contributed by atoms with van der Waals surface area (Å²) in [7, 11) is 0. The van der Waals surface area contributed by atoms with Gasteiger partial charge in [0.25, 0.3) is 0 Å². The molecule has 0 aliphatic rings. The second kappa shape index (κ2) is 10.6. The molecule has 0 saturated heterocycles. The molecule has 0 aliphatic heterocycles. The molecular formula is C14H26N4O7. The summed E-state index contributed by atoms with van der Waals surface area (Å²) in [5, 5.41) is 33.9. The van der Waals surface area contributed by atoms with Gasteiger partial charge in [-0.25, -0.2) is 4.79 Å². The monoisotopic (exact) mass is 362 g/mol. The number of aliphatic carboxylic acids is 1. The van der Waals surface area contributed by atoms with Gasteiger partial charge < -0.3 is 37.0 Å². The zero-order chi connectivity index (χ0) is 19.7. The van der Waals surface area contributed by atoms with Crippen LogP contribution in [0.2, 0.25) is 0 Å². The van der Waals surface area contributed by atoms with E-state index in [1.54, 1.807) is 13.8 Å². The van der Waals surface area contributed by atoms with Crippen molar-refractivity contribution in [2.24, 2.45) is 11.7 Å². The van der Waals surface area contributed by atoms with E-state index < -0.39 is 61.1 Å². The Labute approximate surface area is 145 Å². The van der Waals surface area contributed by atoms with Gasteiger partial charge in [0.1, 0.15) is 18.1 Å². The maximum absolute atomic E-state index is 11.9. The van der Waals surface area contributed by atoms with Gasteiger partial charge in [0.2, 0.25) is 17.7 Å². The molecule has 0 aromatic heterocycles. The number of aliphatic hydroxyl groups is 2. The fraction of sp³-hybridized carbons (Fsp3) is 0.714. The summed E-state index contributed by atoms with van der Waals surface area (Å²) < 4.78 is 0. The Kier molecular flexibility index (Phi) is 9.64. The molecule has 0 aromatic rings. The lowest BCUT2D eigenvalue weighted by Crippen LogP contribution is -2.56. The molecular weight excluding hydrogens is 336 g/mol. The first kappa shape index (κ1) is 22.8. The van der Waals surface area contributed by atoms with Crippen molar-refractivity contribution in [3.8, 4) is 0 Å². The summed E-state index contributed by atoms with van der Waals surface area (Å²) in [6, 6.07) is -3.76. The highest BCUT2D eigenvalue weighted by atomic mass is 16.4. The zero-order valence-electron chi connectivity index (χ0n) is 14.4. The predicted molar refractivity (Wildman–Crippen MR) is 86.1 cm³/mol. The maximum atomic E-state index is 11.9. The van der Waals surface area contributed by atoms with Gasteiger partial charge in [0.05, 0.1) is 19.3 Å². The third kappa shape index (κ3) is 7.92. The van der Waals surface area contributed by atoms with Crippen LogP contribution in [0.25, 0.3) is 0 Å². The van der Waals surface area contributed by atoms with Crippen molar-refractivity contribution in [3.63, 3.8) is 0 Å². The minimum Gasteiger partial charge on any atom is -0.480 e. The fourth-order valence-electron chi connectivity index (χ4n) is 1.71. The average molecular weight is 362 g/mol. The SMILES string of the molecule is CC(C)C(NC(=O)CNC(=O)C(CO)NC(=O)C(N)C(C)O)C(=O)O. The second-order valence-corrected chi connectivity index (χ2v) is 5.86. The van der Waals surface area contributed by atoms with Crippen LogP contribution < -0.4 is 21.7 Å². The number of amides is 3. The predicted octanol–water partition coefficient (Wildman–Crippen LogP) is -3.49. The zero-order valence-corrected chi connectivity index (χ0v) is 14.4. The smallest absolute Gasteiger partial charge is 0.326 e. The summed E-state index contributed by atoms with van der Waals surface area (Å²) >= 11 is 0.